The highest BCUT2D eigenvalue weighted by Gasteiger charge is 2.14. The number of nitrogens with two attached hydrogens (primary N) is 1. The molecule has 94 valence electrons. The van der Waals surface area contributed by atoms with Gasteiger partial charge in [0.15, 0.2) is 0 Å². The second kappa shape index (κ2) is 5.98. The summed E-state index contributed by atoms with van der Waals surface area (Å²) in [6.07, 6.45) is 2.69. The van der Waals surface area contributed by atoms with Gasteiger partial charge in [-0.25, -0.2) is 0 Å². The van der Waals surface area contributed by atoms with E-state index in [1.807, 2.05) is 0 Å². The first-order valence-electron chi connectivity index (χ1n) is 6.41. The normalized spacial score (nSPS) is 18.5. The van der Waals surface area contributed by atoms with Gasteiger partial charge in [0.05, 0.1) is 0 Å². The molecule has 2 rings (SSSR count). The Bertz CT molecular complexity index is 372. The van der Waals surface area contributed by atoms with Crippen molar-refractivity contribution >= 4 is 15.9 Å². The second-order valence-corrected chi connectivity index (χ2v) is 5.83. The quantitative estimate of drug-likeness (QED) is 0.925. The van der Waals surface area contributed by atoms with Gasteiger partial charge in [0.2, 0.25) is 0 Å². The van der Waals surface area contributed by atoms with Crippen molar-refractivity contribution in [1.29, 1.82) is 0 Å². The van der Waals surface area contributed by atoms with Gasteiger partial charge in [0.1, 0.15) is 0 Å². The lowest BCUT2D eigenvalue weighted by atomic mass is 10.00. The summed E-state index contributed by atoms with van der Waals surface area (Å²) >= 11 is 3.68. The molecule has 0 spiro atoms. The average Bonchev–Trinajstić information content (AvgIpc) is 2.83. The minimum Gasteiger partial charge on any atom is -0.330 e. The first kappa shape index (κ1) is 13.1. The van der Waals surface area contributed by atoms with Crippen LogP contribution in [-0.4, -0.2) is 24.5 Å². The van der Waals surface area contributed by atoms with Crippen molar-refractivity contribution < 1.29 is 0 Å². The number of benzene rings is 1. The molecule has 17 heavy (non-hydrogen) atoms. The lowest BCUT2D eigenvalue weighted by Gasteiger charge is -2.17. The molecule has 1 aromatic carbocycles. The zero-order chi connectivity index (χ0) is 12.3. The Labute approximate surface area is 112 Å². The van der Waals surface area contributed by atoms with Crippen molar-refractivity contribution in [3.05, 3.63) is 33.8 Å². The number of hydrogen-bond donors (Lipinski definition) is 1. The number of hydrogen-bond acceptors (Lipinski definition) is 2. The summed E-state index contributed by atoms with van der Waals surface area (Å²) < 4.78 is 1.22. The molecule has 1 fully saturated rings. The van der Waals surface area contributed by atoms with Crippen molar-refractivity contribution in [2.75, 3.05) is 19.6 Å². The summed E-state index contributed by atoms with van der Waals surface area (Å²) in [7, 11) is 0. The van der Waals surface area contributed by atoms with Crippen molar-refractivity contribution in [3.63, 3.8) is 0 Å². The van der Waals surface area contributed by atoms with E-state index in [-0.39, 0.29) is 0 Å². The third-order valence-corrected chi connectivity index (χ3v) is 4.33. The number of nitrogens with zero attached hydrogens (tertiary/aromatic N) is 1. The third kappa shape index (κ3) is 3.30. The van der Waals surface area contributed by atoms with E-state index in [1.54, 1.807) is 0 Å². The van der Waals surface area contributed by atoms with Crippen LogP contribution < -0.4 is 5.73 Å². The van der Waals surface area contributed by atoms with Gasteiger partial charge in [0, 0.05) is 11.0 Å². The van der Waals surface area contributed by atoms with Crippen LogP contribution in [0.15, 0.2) is 22.7 Å². The fourth-order valence-corrected chi connectivity index (χ4v) is 2.84. The smallest absolute Gasteiger partial charge is 0.0244 e. The summed E-state index contributed by atoms with van der Waals surface area (Å²) in [5, 5.41) is 0. The molecular formula is C14H21BrN2. The highest BCUT2D eigenvalue weighted by Crippen LogP contribution is 2.25. The predicted octanol–water partition coefficient (Wildman–Crippen LogP) is 3.11. The van der Waals surface area contributed by atoms with Crippen LogP contribution in [0.5, 0.6) is 0 Å². The largest absolute Gasteiger partial charge is 0.330 e. The van der Waals surface area contributed by atoms with Crippen molar-refractivity contribution in [1.82, 2.24) is 4.90 Å². The topological polar surface area (TPSA) is 29.3 Å². The van der Waals surface area contributed by atoms with Crippen molar-refractivity contribution in [2.45, 2.75) is 32.2 Å². The van der Waals surface area contributed by atoms with Gasteiger partial charge in [-0.1, -0.05) is 35.0 Å². The molecule has 0 radical (unpaired) electrons. The molecule has 0 bridgehead atoms. The fourth-order valence-electron chi connectivity index (χ4n) is 2.32. The molecule has 1 aliphatic heterocycles. The summed E-state index contributed by atoms with van der Waals surface area (Å²) in [5.41, 5.74) is 8.41. The van der Waals surface area contributed by atoms with Crippen LogP contribution in [0.3, 0.4) is 0 Å². The van der Waals surface area contributed by atoms with Crippen LogP contribution in [-0.2, 0) is 6.54 Å². The lowest BCUT2D eigenvalue weighted by molar-refractivity contribution is 0.331. The third-order valence-electron chi connectivity index (χ3n) is 3.59. The molecular weight excluding hydrogens is 276 g/mol. The first-order chi connectivity index (χ1) is 8.20. The Kier molecular flexibility index (Phi) is 4.60. The van der Waals surface area contributed by atoms with Gasteiger partial charge in [-0.3, -0.25) is 4.90 Å². The Morgan fingerprint density at radius 2 is 2.06 bits per heavy atom. The molecule has 0 saturated carbocycles. The maximum Gasteiger partial charge on any atom is 0.0244 e. The zero-order valence-corrected chi connectivity index (χ0v) is 12.0. The molecule has 1 heterocycles. The van der Waals surface area contributed by atoms with E-state index in [0.29, 0.717) is 12.5 Å². The maximum atomic E-state index is 5.70. The monoisotopic (exact) mass is 296 g/mol. The van der Waals surface area contributed by atoms with E-state index in [0.717, 1.165) is 6.54 Å². The summed E-state index contributed by atoms with van der Waals surface area (Å²) in [6, 6.07) is 6.68. The first-order valence-corrected chi connectivity index (χ1v) is 7.20. The van der Waals surface area contributed by atoms with E-state index in [1.165, 1.54) is 41.5 Å². The molecule has 3 heteroatoms. The van der Waals surface area contributed by atoms with Crippen LogP contribution in [0, 0.1) is 0 Å². The standard InChI is InChI=1S/C14H21BrN2/c1-11(9-16)12-4-5-13(14(15)8-12)10-17-6-2-3-7-17/h4-5,8,11H,2-3,6-7,9-10,16H2,1H3. The molecule has 1 aliphatic rings. The van der Waals surface area contributed by atoms with E-state index >= 15 is 0 Å². The Balaban J connectivity index is 2.08. The lowest BCUT2D eigenvalue weighted by Crippen LogP contribution is -2.18. The minimum atomic E-state index is 0.437. The van der Waals surface area contributed by atoms with Gasteiger partial charge < -0.3 is 5.73 Å². The SMILES string of the molecule is CC(CN)c1ccc(CN2CCCC2)c(Br)c1. The second-order valence-electron chi connectivity index (χ2n) is 4.97. The Hall–Kier alpha value is -0.380. The summed E-state index contributed by atoms with van der Waals surface area (Å²) in [4.78, 5) is 2.52. The van der Waals surface area contributed by atoms with E-state index in [2.05, 4.69) is 46.0 Å². The Morgan fingerprint density at radius 3 is 2.65 bits per heavy atom. The summed E-state index contributed by atoms with van der Waals surface area (Å²) in [5.74, 6) is 0.437. The molecule has 0 aliphatic carbocycles. The van der Waals surface area contributed by atoms with Gasteiger partial charge >= 0.3 is 0 Å². The van der Waals surface area contributed by atoms with Crippen LogP contribution >= 0.6 is 15.9 Å². The number of halogens is 1. The van der Waals surface area contributed by atoms with E-state index < -0.39 is 0 Å². The van der Waals surface area contributed by atoms with Crippen LogP contribution in [0.25, 0.3) is 0 Å². The van der Waals surface area contributed by atoms with Gasteiger partial charge in [-0.05, 0) is 55.6 Å². The average molecular weight is 297 g/mol. The Morgan fingerprint density at radius 1 is 1.35 bits per heavy atom. The molecule has 2 nitrogen and oxygen atoms in total. The van der Waals surface area contributed by atoms with Gasteiger partial charge in [-0.15, -0.1) is 0 Å². The number of rotatable bonds is 4. The van der Waals surface area contributed by atoms with Crippen LogP contribution in [0.4, 0.5) is 0 Å². The number of likely N-dealkylation sites (tertiary alicyclic amines) is 1. The highest BCUT2D eigenvalue weighted by atomic mass is 79.9. The fraction of sp³-hybridized carbons (Fsp3) is 0.571. The summed E-state index contributed by atoms with van der Waals surface area (Å²) in [6.45, 7) is 6.43. The molecule has 1 saturated heterocycles. The molecule has 2 N–H and O–H groups in total. The highest BCUT2D eigenvalue weighted by molar-refractivity contribution is 9.10. The minimum absolute atomic E-state index is 0.437. The zero-order valence-electron chi connectivity index (χ0n) is 10.5. The molecule has 0 amide bonds. The molecule has 1 aromatic rings. The molecule has 1 atom stereocenters. The molecule has 1 unspecified atom stereocenters. The van der Waals surface area contributed by atoms with Crippen LogP contribution in [0.1, 0.15) is 36.8 Å². The van der Waals surface area contributed by atoms with Crippen molar-refractivity contribution in [3.8, 4) is 0 Å². The molecule has 0 aromatic heterocycles. The van der Waals surface area contributed by atoms with Gasteiger partial charge in [-0.2, -0.15) is 0 Å². The van der Waals surface area contributed by atoms with E-state index in [4.69, 9.17) is 5.73 Å². The predicted molar refractivity (Wildman–Crippen MR) is 76.1 cm³/mol. The van der Waals surface area contributed by atoms with E-state index in [9.17, 15) is 0 Å². The van der Waals surface area contributed by atoms with Gasteiger partial charge in [0.25, 0.3) is 0 Å². The van der Waals surface area contributed by atoms with Crippen LogP contribution in [0.2, 0.25) is 0 Å². The maximum absolute atomic E-state index is 5.70. The van der Waals surface area contributed by atoms with Crippen molar-refractivity contribution in [2.24, 2.45) is 5.73 Å².